The van der Waals surface area contributed by atoms with E-state index in [1.54, 1.807) is 0 Å². The van der Waals surface area contributed by atoms with Gasteiger partial charge < -0.3 is 0 Å². The van der Waals surface area contributed by atoms with E-state index in [2.05, 4.69) is 33.4 Å². The number of hydrogen-bond acceptors (Lipinski definition) is 1. The molecule has 0 aliphatic heterocycles. The Bertz CT molecular complexity index is 37.8. The van der Waals surface area contributed by atoms with Gasteiger partial charge >= 0.3 is 0 Å². The molecule has 0 N–H and O–H groups in total. The van der Waals surface area contributed by atoms with Crippen molar-refractivity contribution in [3.05, 3.63) is 0 Å². The van der Waals surface area contributed by atoms with Crippen LogP contribution in [-0.4, -0.2) is 4.75 Å². The van der Waals surface area contributed by atoms with Crippen molar-refractivity contribution in [2.24, 2.45) is 0 Å². The molecule has 0 nitrogen and oxygen atoms in total. The normalized spacial score (nSPS) is 10.3. The van der Waals surface area contributed by atoms with Crippen molar-refractivity contribution in [1.82, 2.24) is 0 Å². The summed E-state index contributed by atoms with van der Waals surface area (Å²) in [5, 5.41) is 0. The van der Waals surface area contributed by atoms with E-state index in [9.17, 15) is 0 Å². The molecule has 0 atom stereocenters. The van der Waals surface area contributed by atoms with Gasteiger partial charge in [-0.05, 0) is 6.42 Å². The molecule has 0 aromatic carbocycles. The summed E-state index contributed by atoms with van der Waals surface area (Å²) in [5.41, 5.74) is 0. The summed E-state index contributed by atoms with van der Waals surface area (Å²) < 4.78 is 0.236. The first-order valence-electron chi connectivity index (χ1n) is 2.28. The van der Waals surface area contributed by atoms with Gasteiger partial charge in [0.2, 0.25) is 0 Å². The molecule has 2 heteroatoms. The molecule has 0 heterocycles. The number of rotatable bonds is 1. The largest absolute Gasteiger partial charge is 0.173 e. The Kier molecular flexibility index (Phi) is 6.29. The maximum absolute atomic E-state index is 4.25. The third-order valence-electron chi connectivity index (χ3n) is 0.865. The fourth-order valence-electron chi connectivity index (χ4n) is 0. The zero-order valence-corrected chi connectivity index (χ0v) is 8.02. The van der Waals surface area contributed by atoms with Gasteiger partial charge in [0.25, 0.3) is 0 Å². The summed E-state index contributed by atoms with van der Waals surface area (Å²) in [6.07, 6.45) is 1.14. The predicted octanol–water partition coefficient (Wildman–Crippen LogP) is 2.10. The Morgan fingerprint density at radius 3 is 1.57 bits per heavy atom. The monoisotopic (exact) mass is 301 g/mol. The first kappa shape index (κ1) is 11.0. The fraction of sp³-hybridized carbons (Fsp3) is 1.00. The zero-order chi connectivity index (χ0) is 5.21. The molecule has 0 aliphatic carbocycles. The average Bonchev–Trinajstić information content (AvgIpc) is 1.35. The molecule has 0 bridgehead atoms. The second kappa shape index (κ2) is 4.02. The van der Waals surface area contributed by atoms with Gasteiger partial charge in [-0.1, -0.05) is 20.8 Å². The van der Waals surface area contributed by atoms with Crippen molar-refractivity contribution in [2.75, 3.05) is 0 Å². The van der Waals surface area contributed by atoms with Crippen molar-refractivity contribution in [2.45, 2.75) is 31.9 Å². The first-order chi connectivity index (χ1) is 2.56. The van der Waals surface area contributed by atoms with Gasteiger partial charge in [0.1, 0.15) is 0 Å². The smallest absolute Gasteiger partial charge is 0.00705 e. The van der Waals surface area contributed by atoms with Gasteiger partial charge in [-0.25, -0.2) is 0 Å². The van der Waals surface area contributed by atoms with E-state index < -0.39 is 0 Å². The van der Waals surface area contributed by atoms with Gasteiger partial charge in [0.05, 0.1) is 0 Å². The van der Waals surface area contributed by atoms with Crippen LogP contribution in [0.2, 0.25) is 0 Å². The summed E-state index contributed by atoms with van der Waals surface area (Å²) in [6.45, 7) is 6.35. The van der Waals surface area contributed by atoms with Crippen molar-refractivity contribution in [1.29, 1.82) is 0 Å². The minimum atomic E-state index is 0. The molecule has 0 spiro atoms. The fourth-order valence-corrected chi connectivity index (χ4v) is 0. The molecule has 0 aliphatic rings. The average molecular weight is 301 g/mol. The Labute approximate surface area is 67.0 Å². The van der Waals surface area contributed by atoms with Crippen LogP contribution in [0, 0.1) is 0 Å². The van der Waals surface area contributed by atoms with Crippen LogP contribution in [0.15, 0.2) is 0 Å². The summed E-state index contributed by atoms with van der Waals surface area (Å²) >= 11 is 4.25. The second-order valence-electron chi connectivity index (χ2n) is 2.17. The maximum atomic E-state index is 4.25. The summed E-state index contributed by atoms with van der Waals surface area (Å²) in [6, 6.07) is 0. The Morgan fingerprint density at radius 2 is 1.57 bits per heavy atom. The van der Waals surface area contributed by atoms with E-state index in [4.69, 9.17) is 0 Å². The molecule has 0 aromatic heterocycles. The van der Waals surface area contributed by atoms with Crippen LogP contribution in [-0.2, 0) is 22.4 Å². The Morgan fingerprint density at radius 1 is 1.43 bits per heavy atom. The molecule has 7 heavy (non-hydrogen) atoms. The molecule has 0 rings (SSSR count). The predicted molar refractivity (Wildman–Crippen MR) is 33.4 cm³/mol. The standard InChI is InChI=1S/C5H12S.Au/c1-4-5(2,3)6;/h6H,4H2,1-3H3;. The van der Waals surface area contributed by atoms with Crippen LogP contribution in [0.3, 0.4) is 0 Å². The minimum Gasteiger partial charge on any atom is -0.173 e. The maximum Gasteiger partial charge on any atom is 0.00705 e. The van der Waals surface area contributed by atoms with E-state index >= 15 is 0 Å². The Hall–Kier alpha value is 1.09. The molecule has 0 saturated carbocycles. The molecule has 1 radical (unpaired) electrons. The number of thiol groups is 1. The van der Waals surface area contributed by atoms with Gasteiger partial charge in [-0.2, -0.15) is 12.6 Å². The quantitative estimate of drug-likeness (QED) is 0.556. The summed E-state index contributed by atoms with van der Waals surface area (Å²) in [5.74, 6) is 0. The summed E-state index contributed by atoms with van der Waals surface area (Å²) in [7, 11) is 0. The molecule has 0 amide bonds. The van der Waals surface area contributed by atoms with Crippen LogP contribution in [0.5, 0.6) is 0 Å². The van der Waals surface area contributed by atoms with Gasteiger partial charge in [0, 0.05) is 27.1 Å². The van der Waals surface area contributed by atoms with Gasteiger partial charge in [0.15, 0.2) is 0 Å². The number of hydrogen-bond donors (Lipinski definition) is 1. The molecule has 49 valence electrons. The van der Waals surface area contributed by atoms with Crippen molar-refractivity contribution >= 4 is 12.6 Å². The van der Waals surface area contributed by atoms with Crippen molar-refractivity contribution in [3.8, 4) is 0 Å². The van der Waals surface area contributed by atoms with E-state index in [1.807, 2.05) is 0 Å². The van der Waals surface area contributed by atoms with Crippen LogP contribution >= 0.6 is 12.6 Å². The van der Waals surface area contributed by atoms with Gasteiger partial charge in [-0.3, -0.25) is 0 Å². The summed E-state index contributed by atoms with van der Waals surface area (Å²) in [4.78, 5) is 0. The van der Waals surface area contributed by atoms with E-state index in [1.165, 1.54) is 0 Å². The third kappa shape index (κ3) is 11.0. The molecular weight excluding hydrogens is 289 g/mol. The zero-order valence-electron chi connectivity index (χ0n) is 4.96. The Balaban J connectivity index is 0. The van der Waals surface area contributed by atoms with Crippen LogP contribution < -0.4 is 0 Å². The van der Waals surface area contributed by atoms with Crippen LogP contribution in [0.25, 0.3) is 0 Å². The van der Waals surface area contributed by atoms with E-state index in [0.29, 0.717) is 0 Å². The van der Waals surface area contributed by atoms with E-state index in [-0.39, 0.29) is 27.1 Å². The topological polar surface area (TPSA) is 0 Å². The molecule has 0 aromatic rings. The molecule has 0 fully saturated rings. The van der Waals surface area contributed by atoms with Crippen LogP contribution in [0.1, 0.15) is 27.2 Å². The van der Waals surface area contributed by atoms with Crippen molar-refractivity contribution < 1.29 is 22.4 Å². The second-order valence-corrected chi connectivity index (χ2v) is 3.38. The first-order valence-corrected chi connectivity index (χ1v) is 2.73. The van der Waals surface area contributed by atoms with Gasteiger partial charge in [-0.15, -0.1) is 0 Å². The molecular formula is C5H12AuS. The molecule has 0 saturated heterocycles. The van der Waals surface area contributed by atoms with E-state index in [0.717, 1.165) is 6.42 Å². The van der Waals surface area contributed by atoms with Crippen LogP contribution in [0.4, 0.5) is 0 Å². The third-order valence-corrected chi connectivity index (χ3v) is 1.18. The molecule has 0 unspecified atom stereocenters. The van der Waals surface area contributed by atoms with Crippen molar-refractivity contribution in [3.63, 3.8) is 0 Å². The SMILES string of the molecule is CCC(C)(C)S.[Au]. The minimum absolute atomic E-state index is 0.